The summed E-state index contributed by atoms with van der Waals surface area (Å²) in [5, 5.41) is 6.54. The Morgan fingerprint density at radius 3 is 2.42 bits per heavy atom. The minimum Gasteiger partial charge on any atom is -0.479 e. The zero-order valence-electron chi connectivity index (χ0n) is 14.7. The van der Waals surface area contributed by atoms with Gasteiger partial charge in [-0.05, 0) is 43.7 Å². The molecule has 2 aromatic rings. The molecule has 5 nitrogen and oxygen atoms in total. The van der Waals surface area contributed by atoms with Gasteiger partial charge in [0.05, 0.1) is 11.7 Å². The van der Waals surface area contributed by atoms with Crippen LogP contribution in [-0.2, 0) is 9.59 Å². The standard InChI is InChI=1S/C19H20Cl2N2O3/c1-11(15-9-8-14(20)10-16(15)21)22-19(25)12(2)26-18-7-5-4-6-17(18)23-13(3)24/h4-12H,1-3H3,(H,22,25)(H,23,24). The van der Waals surface area contributed by atoms with E-state index in [1.54, 1.807) is 49.4 Å². The van der Waals surface area contributed by atoms with Crippen LogP contribution in [0.15, 0.2) is 42.5 Å². The Labute approximate surface area is 162 Å². The van der Waals surface area contributed by atoms with Crippen LogP contribution in [0.25, 0.3) is 0 Å². The molecule has 0 aliphatic heterocycles. The highest BCUT2D eigenvalue weighted by Crippen LogP contribution is 2.27. The number of nitrogens with one attached hydrogen (secondary N) is 2. The second-order valence-corrected chi connectivity index (χ2v) is 6.68. The number of benzene rings is 2. The van der Waals surface area contributed by atoms with E-state index in [2.05, 4.69) is 10.6 Å². The van der Waals surface area contributed by atoms with Crippen LogP contribution >= 0.6 is 23.2 Å². The average molecular weight is 395 g/mol. The minimum absolute atomic E-state index is 0.218. The second-order valence-electron chi connectivity index (χ2n) is 5.83. The Balaban J connectivity index is 2.05. The maximum Gasteiger partial charge on any atom is 0.261 e. The van der Waals surface area contributed by atoms with Gasteiger partial charge in [0.15, 0.2) is 6.10 Å². The van der Waals surface area contributed by atoms with E-state index in [-0.39, 0.29) is 17.9 Å². The molecule has 0 aliphatic carbocycles. The third-order valence-electron chi connectivity index (χ3n) is 3.66. The molecule has 0 bridgehead atoms. The molecular weight excluding hydrogens is 375 g/mol. The third-order valence-corrected chi connectivity index (χ3v) is 4.22. The summed E-state index contributed by atoms with van der Waals surface area (Å²) in [5.41, 5.74) is 1.27. The van der Waals surface area contributed by atoms with Gasteiger partial charge in [-0.1, -0.05) is 41.4 Å². The van der Waals surface area contributed by atoms with E-state index >= 15 is 0 Å². The first-order valence-electron chi connectivity index (χ1n) is 8.06. The van der Waals surface area contributed by atoms with Crippen molar-refractivity contribution in [2.24, 2.45) is 0 Å². The van der Waals surface area contributed by atoms with Gasteiger partial charge in [-0.2, -0.15) is 0 Å². The minimum atomic E-state index is -0.765. The van der Waals surface area contributed by atoms with Crippen molar-refractivity contribution in [3.8, 4) is 5.75 Å². The first-order chi connectivity index (χ1) is 12.3. The zero-order valence-corrected chi connectivity index (χ0v) is 16.2. The van der Waals surface area contributed by atoms with Gasteiger partial charge in [-0.3, -0.25) is 9.59 Å². The largest absolute Gasteiger partial charge is 0.479 e. The molecular formula is C19H20Cl2N2O3. The lowest BCUT2D eigenvalue weighted by Gasteiger charge is -2.21. The van der Waals surface area contributed by atoms with Gasteiger partial charge in [-0.25, -0.2) is 0 Å². The molecule has 7 heteroatoms. The first kappa shape index (κ1) is 20.1. The summed E-state index contributed by atoms with van der Waals surface area (Å²) in [6.45, 7) is 4.87. The highest BCUT2D eigenvalue weighted by molar-refractivity contribution is 6.35. The van der Waals surface area contributed by atoms with E-state index in [1.165, 1.54) is 6.92 Å². The molecule has 2 unspecified atom stereocenters. The van der Waals surface area contributed by atoms with Crippen LogP contribution in [0.5, 0.6) is 5.75 Å². The average Bonchev–Trinajstić information content (AvgIpc) is 2.55. The number of carbonyl (C=O) groups is 2. The fourth-order valence-corrected chi connectivity index (χ4v) is 2.94. The predicted molar refractivity (Wildman–Crippen MR) is 104 cm³/mol. The quantitative estimate of drug-likeness (QED) is 0.752. The SMILES string of the molecule is CC(=O)Nc1ccccc1OC(C)C(=O)NC(C)c1ccc(Cl)cc1Cl. The van der Waals surface area contributed by atoms with Crippen molar-refractivity contribution in [1.82, 2.24) is 5.32 Å². The molecule has 0 heterocycles. The number of anilines is 1. The van der Waals surface area contributed by atoms with Gasteiger partial charge in [0.25, 0.3) is 5.91 Å². The molecule has 0 aromatic heterocycles. The van der Waals surface area contributed by atoms with Gasteiger partial charge < -0.3 is 15.4 Å². The summed E-state index contributed by atoms with van der Waals surface area (Å²) in [4.78, 5) is 23.7. The highest BCUT2D eigenvalue weighted by atomic mass is 35.5. The van der Waals surface area contributed by atoms with E-state index in [0.717, 1.165) is 5.56 Å². The van der Waals surface area contributed by atoms with Crippen molar-refractivity contribution in [2.75, 3.05) is 5.32 Å². The van der Waals surface area contributed by atoms with Gasteiger partial charge in [0, 0.05) is 17.0 Å². The summed E-state index contributed by atoms with van der Waals surface area (Å²) in [6, 6.07) is 11.7. The van der Waals surface area contributed by atoms with Crippen LogP contribution in [0, 0.1) is 0 Å². The summed E-state index contributed by atoms with van der Waals surface area (Å²) in [6.07, 6.45) is -0.765. The number of halogens is 2. The summed E-state index contributed by atoms with van der Waals surface area (Å²) in [5.74, 6) is -0.104. The fraction of sp³-hybridized carbons (Fsp3) is 0.263. The van der Waals surface area contributed by atoms with Crippen LogP contribution in [-0.4, -0.2) is 17.9 Å². The van der Waals surface area contributed by atoms with Gasteiger partial charge in [-0.15, -0.1) is 0 Å². The molecule has 0 aliphatic rings. The number of hydrogen-bond acceptors (Lipinski definition) is 3. The van der Waals surface area contributed by atoms with Crippen molar-refractivity contribution >= 4 is 40.7 Å². The molecule has 2 N–H and O–H groups in total. The van der Waals surface area contributed by atoms with E-state index < -0.39 is 6.10 Å². The maximum absolute atomic E-state index is 12.5. The van der Waals surface area contributed by atoms with Crippen molar-refractivity contribution in [1.29, 1.82) is 0 Å². The lowest BCUT2D eigenvalue weighted by molar-refractivity contribution is -0.127. The molecule has 138 valence electrons. The lowest BCUT2D eigenvalue weighted by Crippen LogP contribution is -2.38. The molecule has 0 saturated carbocycles. The topological polar surface area (TPSA) is 67.4 Å². The summed E-state index contributed by atoms with van der Waals surface area (Å²) >= 11 is 12.1. The van der Waals surface area contributed by atoms with Crippen molar-refractivity contribution in [3.63, 3.8) is 0 Å². The van der Waals surface area contributed by atoms with Crippen LogP contribution < -0.4 is 15.4 Å². The fourth-order valence-electron chi connectivity index (χ4n) is 2.37. The Morgan fingerprint density at radius 2 is 1.77 bits per heavy atom. The first-order valence-corrected chi connectivity index (χ1v) is 8.82. The Morgan fingerprint density at radius 1 is 1.08 bits per heavy atom. The van der Waals surface area contributed by atoms with E-state index in [9.17, 15) is 9.59 Å². The predicted octanol–water partition coefficient (Wildman–Crippen LogP) is 4.60. The number of hydrogen-bond donors (Lipinski definition) is 2. The zero-order chi connectivity index (χ0) is 19.3. The normalized spacial score (nSPS) is 12.8. The Bertz CT molecular complexity index is 811. The summed E-state index contributed by atoms with van der Waals surface area (Å²) in [7, 11) is 0. The molecule has 2 aromatic carbocycles. The number of carbonyl (C=O) groups excluding carboxylic acids is 2. The third kappa shape index (κ3) is 5.38. The molecule has 0 radical (unpaired) electrons. The van der Waals surface area contributed by atoms with Crippen molar-refractivity contribution < 1.29 is 14.3 Å². The number of para-hydroxylation sites is 2. The van der Waals surface area contributed by atoms with Crippen LogP contribution in [0.1, 0.15) is 32.4 Å². The molecule has 26 heavy (non-hydrogen) atoms. The summed E-state index contributed by atoms with van der Waals surface area (Å²) < 4.78 is 5.71. The van der Waals surface area contributed by atoms with Crippen LogP contribution in [0.4, 0.5) is 5.69 Å². The second kappa shape index (κ2) is 8.92. The molecule has 2 amide bonds. The van der Waals surface area contributed by atoms with Gasteiger partial charge in [0.1, 0.15) is 5.75 Å². The van der Waals surface area contributed by atoms with E-state index in [1.807, 2.05) is 6.92 Å². The van der Waals surface area contributed by atoms with Gasteiger partial charge in [0.2, 0.25) is 5.91 Å². The number of ether oxygens (including phenoxy) is 1. The van der Waals surface area contributed by atoms with Crippen LogP contribution in [0.2, 0.25) is 10.0 Å². The smallest absolute Gasteiger partial charge is 0.261 e. The molecule has 0 spiro atoms. The van der Waals surface area contributed by atoms with Crippen molar-refractivity contribution in [2.45, 2.75) is 32.9 Å². The monoisotopic (exact) mass is 394 g/mol. The molecule has 0 saturated heterocycles. The van der Waals surface area contributed by atoms with E-state index in [0.29, 0.717) is 21.5 Å². The van der Waals surface area contributed by atoms with Crippen molar-refractivity contribution in [3.05, 3.63) is 58.1 Å². The maximum atomic E-state index is 12.5. The lowest BCUT2D eigenvalue weighted by atomic mass is 10.1. The Kier molecular flexibility index (Phi) is 6.89. The molecule has 2 rings (SSSR count). The van der Waals surface area contributed by atoms with Gasteiger partial charge >= 0.3 is 0 Å². The molecule has 0 fully saturated rings. The Hall–Kier alpha value is -2.24. The highest BCUT2D eigenvalue weighted by Gasteiger charge is 2.20. The van der Waals surface area contributed by atoms with E-state index in [4.69, 9.17) is 27.9 Å². The van der Waals surface area contributed by atoms with Crippen LogP contribution in [0.3, 0.4) is 0 Å². The number of rotatable bonds is 6. The number of amides is 2. The molecule has 2 atom stereocenters.